The number of nitrogens with zero attached hydrogens (tertiary/aromatic N) is 1. The van der Waals surface area contributed by atoms with E-state index in [0.717, 1.165) is 29.9 Å². The molecule has 1 aliphatic heterocycles. The SMILES string of the molecule is CC(N)Cc1ccc(Br)cc1N1CCC(C(C)(C)C)C1. The molecule has 2 N–H and O–H groups in total. The van der Waals surface area contributed by atoms with Gasteiger partial charge in [0.1, 0.15) is 0 Å². The summed E-state index contributed by atoms with van der Waals surface area (Å²) < 4.78 is 1.15. The van der Waals surface area contributed by atoms with Crippen LogP contribution < -0.4 is 10.6 Å². The standard InChI is InChI=1S/C17H27BrN2/c1-12(19)9-13-5-6-15(18)10-16(13)20-8-7-14(11-20)17(2,3)4/h5-6,10,12,14H,7-9,11,19H2,1-4H3. The fourth-order valence-corrected chi connectivity index (χ4v) is 3.39. The molecule has 1 saturated heterocycles. The van der Waals surface area contributed by atoms with Crippen molar-refractivity contribution >= 4 is 21.6 Å². The molecule has 2 rings (SSSR count). The van der Waals surface area contributed by atoms with Gasteiger partial charge in [0.2, 0.25) is 0 Å². The van der Waals surface area contributed by atoms with Crippen molar-refractivity contribution < 1.29 is 0 Å². The predicted molar refractivity (Wildman–Crippen MR) is 91.3 cm³/mol. The molecule has 2 nitrogen and oxygen atoms in total. The molecule has 0 amide bonds. The number of halogens is 1. The molecule has 2 unspecified atom stereocenters. The van der Waals surface area contributed by atoms with Gasteiger partial charge in [0.05, 0.1) is 0 Å². The van der Waals surface area contributed by atoms with Crippen LogP contribution in [0.5, 0.6) is 0 Å². The summed E-state index contributed by atoms with van der Waals surface area (Å²) in [6, 6.07) is 6.80. The van der Waals surface area contributed by atoms with Crippen molar-refractivity contribution in [2.75, 3.05) is 18.0 Å². The molecule has 0 aliphatic carbocycles. The Morgan fingerprint density at radius 1 is 1.40 bits per heavy atom. The van der Waals surface area contributed by atoms with Crippen molar-refractivity contribution in [3.63, 3.8) is 0 Å². The summed E-state index contributed by atoms with van der Waals surface area (Å²) in [6.45, 7) is 11.4. The molecular weight excluding hydrogens is 312 g/mol. The number of rotatable bonds is 3. The number of anilines is 1. The van der Waals surface area contributed by atoms with Gasteiger partial charge in [-0.3, -0.25) is 0 Å². The first-order valence-electron chi connectivity index (χ1n) is 7.56. The van der Waals surface area contributed by atoms with Gasteiger partial charge in [-0.1, -0.05) is 42.8 Å². The highest BCUT2D eigenvalue weighted by Crippen LogP contribution is 2.37. The molecule has 0 bridgehead atoms. The Balaban J connectivity index is 2.22. The van der Waals surface area contributed by atoms with Gasteiger partial charge in [-0.05, 0) is 48.8 Å². The van der Waals surface area contributed by atoms with E-state index in [1.807, 2.05) is 0 Å². The van der Waals surface area contributed by atoms with Gasteiger partial charge in [0.25, 0.3) is 0 Å². The quantitative estimate of drug-likeness (QED) is 0.894. The monoisotopic (exact) mass is 338 g/mol. The average molecular weight is 339 g/mol. The zero-order chi connectivity index (χ0) is 14.9. The number of hydrogen-bond acceptors (Lipinski definition) is 2. The van der Waals surface area contributed by atoms with Gasteiger partial charge in [-0.15, -0.1) is 0 Å². The second-order valence-corrected chi connectivity index (χ2v) is 8.17. The summed E-state index contributed by atoms with van der Waals surface area (Å²) in [5.41, 5.74) is 9.12. The largest absolute Gasteiger partial charge is 0.371 e. The molecule has 112 valence electrons. The summed E-state index contributed by atoms with van der Waals surface area (Å²) >= 11 is 3.61. The van der Waals surface area contributed by atoms with E-state index in [2.05, 4.69) is 66.7 Å². The Kier molecular flexibility index (Phi) is 4.80. The fourth-order valence-electron chi connectivity index (χ4n) is 3.04. The minimum atomic E-state index is 0.205. The van der Waals surface area contributed by atoms with E-state index in [0.29, 0.717) is 5.41 Å². The molecule has 3 heteroatoms. The Bertz CT molecular complexity index is 463. The molecule has 0 aromatic heterocycles. The van der Waals surface area contributed by atoms with E-state index in [1.54, 1.807) is 0 Å². The van der Waals surface area contributed by atoms with E-state index in [-0.39, 0.29) is 6.04 Å². The molecule has 20 heavy (non-hydrogen) atoms. The van der Waals surface area contributed by atoms with Crippen molar-refractivity contribution in [1.82, 2.24) is 0 Å². The molecule has 0 saturated carbocycles. The predicted octanol–water partition coefficient (Wildman–Crippen LogP) is 4.21. The van der Waals surface area contributed by atoms with Crippen LogP contribution >= 0.6 is 15.9 Å². The van der Waals surface area contributed by atoms with Crippen molar-refractivity contribution in [3.8, 4) is 0 Å². The smallest absolute Gasteiger partial charge is 0.0410 e. The van der Waals surface area contributed by atoms with E-state index in [4.69, 9.17) is 5.73 Å². The van der Waals surface area contributed by atoms with Crippen LogP contribution in [0.25, 0.3) is 0 Å². The third-order valence-corrected chi connectivity index (χ3v) is 4.84. The van der Waals surface area contributed by atoms with Gasteiger partial charge in [0, 0.05) is 29.3 Å². The van der Waals surface area contributed by atoms with Gasteiger partial charge in [-0.2, -0.15) is 0 Å². The minimum absolute atomic E-state index is 0.205. The lowest BCUT2D eigenvalue weighted by atomic mass is 9.80. The van der Waals surface area contributed by atoms with Crippen molar-refractivity contribution in [1.29, 1.82) is 0 Å². The Labute approximate surface area is 131 Å². The lowest BCUT2D eigenvalue weighted by Crippen LogP contribution is -2.27. The van der Waals surface area contributed by atoms with Gasteiger partial charge in [-0.25, -0.2) is 0 Å². The molecule has 1 fully saturated rings. The van der Waals surface area contributed by atoms with E-state index in [9.17, 15) is 0 Å². The zero-order valence-electron chi connectivity index (χ0n) is 13.1. The molecule has 1 aliphatic rings. The third kappa shape index (κ3) is 3.76. The second kappa shape index (κ2) is 6.07. The highest BCUT2D eigenvalue weighted by molar-refractivity contribution is 9.10. The zero-order valence-corrected chi connectivity index (χ0v) is 14.7. The molecule has 2 atom stereocenters. The van der Waals surface area contributed by atoms with Gasteiger partial charge in [0.15, 0.2) is 0 Å². The summed E-state index contributed by atoms with van der Waals surface area (Å²) in [5.74, 6) is 0.768. The lowest BCUT2D eigenvalue weighted by Gasteiger charge is -2.28. The van der Waals surface area contributed by atoms with Crippen molar-refractivity contribution in [2.24, 2.45) is 17.1 Å². The molecule has 1 aromatic rings. The first kappa shape index (κ1) is 15.8. The highest BCUT2D eigenvalue weighted by atomic mass is 79.9. The second-order valence-electron chi connectivity index (χ2n) is 7.25. The summed E-state index contributed by atoms with van der Waals surface area (Å²) in [4.78, 5) is 2.54. The van der Waals surface area contributed by atoms with E-state index in [1.165, 1.54) is 17.7 Å². The van der Waals surface area contributed by atoms with Gasteiger partial charge < -0.3 is 10.6 Å². The average Bonchev–Trinajstić information content (AvgIpc) is 2.80. The number of hydrogen-bond donors (Lipinski definition) is 1. The van der Waals surface area contributed by atoms with E-state index < -0.39 is 0 Å². The molecule has 1 heterocycles. The first-order chi connectivity index (χ1) is 9.27. The van der Waals surface area contributed by atoms with Gasteiger partial charge >= 0.3 is 0 Å². The third-order valence-electron chi connectivity index (χ3n) is 4.34. The maximum absolute atomic E-state index is 6.00. The Morgan fingerprint density at radius 3 is 2.65 bits per heavy atom. The van der Waals surface area contributed by atoms with Crippen LogP contribution in [0.4, 0.5) is 5.69 Å². The Morgan fingerprint density at radius 2 is 2.10 bits per heavy atom. The van der Waals surface area contributed by atoms with Crippen LogP contribution in [0.3, 0.4) is 0 Å². The van der Waals surface area contributed by atoms with Crippen LogP contribution in [0, 0.1) is 11.3 Å². The minimum Gasteiger partial charge on any atom is -0.371 e. The summed E-state index contributed by atoms with van der Waals surface area (Å²) in [5, 5.41) is 0. The number of nitrogens with two attached hydrogens (primary N) is 1. The first-order valence-corrected chi connectivity index (χ1v) is 8.35. The van der Waals surface area contributed by atoms with Crippen LogP contribution in [0.2, 0.25) is 0 Å². The fraction of sp³-hybridized carbons (Fsp3) is 0.647. The summed E-state index contributed by atoms with van der Waals surface area (Å²) in [7, 11) is 0. The van der Waals surface area contributed by atoms with Crippen LogP contribution in [-0.2, 0) is 6.42 Å². The normalized spacial score (nSPS) is 21.3. The summed E-state index contributed by atoms with van der Waals surface area (Å²) in [6.07, 6.45) is 2.23. The Hall–Kier alpha value is -0.540. The van der Waals surface area contributed by atoms with Crippen LogP contribution in [0.1, 0.15) is 39.7 Å². The van der Waals surface area contributed by atoms with Crippen LogP contribution in [0.15, 0.2) is 22.7 Å². The van der Waals surface area contributed by atoms with Crippen molar-refractivity contribution in [3.05, 3.63) is 28.2 Å². The van der Waals surface area contributed by atoms with E-state index >= 15 is 0 Å². The highest BCUT2D eigenvalue weighted by Gasteiger charge is 2.32. The number of benzene rings is 1. The maximum Gasteiger partial charge on any atom is 0.0410 e. The molecule has 0 spiro atoms. The molecular formula is C17H27BrN2. The molecule has 0 radical (unpaired) electrons. The van der Waals surface area contributed by atoms with Crippen LogP contribution in [-0.4, -0.2) is 19.1 Å². The lowest BCUT2D eigenvalue weighted by molar-refractivity contribution is 0.263. The van der Waals surface area contributed by atoms with Crippen molar-refractivity contribution in [2.45, 2.75) is 46.6 Å². The molecule has 1 aromatic carbocycles. The maximum atomic E-state index is 6.00. The topological polar surface area (TPSA) is 29.3 Å².